The van der Waals surface area contributed by atoms with Gasteiger partial charge in [-0.15, -0.1) is 0 Å². The zero-order chi connectivity index (χ0) is 8.97. The molecule has 0 fully saturated rings. The second-order valence-corrected chi connectivity index (χ2v) is 3.69. The molecule has 0 bridgehead atoms. The fourth-order valence-electron chi connectivity index (χ4n) is 1.04. The first kappa shape index (κ1) is 8.98. The molecular formula is C10H11NSi. The Hall–Kier alpha value is -1.11. The van der Waals surface area contributed by atoms with Gasteiger partial charge in [0.1, 0.15) is 0 Å². The Morgan fingerprint density at radius 1 is 1.42 bits per heavy atom. The van der Waals surface area contributed by atoms with Crippen LogP contribution in [0.15, 0.2) is 29.4 Å². The van der Waals surface area contributed by atoms with Gasteiger partial charge >= 0.3 is 0 Å². The second-order valence-electron chi connectivity index (χ2n) is 2.70. The lowest BCUT2D eigenvalue weighted by Crippen LogP contribution is -2.15. The molecule has 0 heterocycles. The summed E-state index contributed by atoms with van der Waals surface area (Å²) >= 11 is 0. The topological polar surface area (TPSA) is 12.4 Å². The van der Waals surface area contributed by atoms with Crippen molar-refractivity contribution in [3.8, 4) is 0 Å². The van der Waals surface area contributed by atoms with Crippen molar-refractivity contribution >= 4 is 20.7 Å². The highest BCUT2D eigenvalue weighted by molar-refractivity contribution is 6.53. The molecule has 2 heteroatoms. The Labute approximate surface area is 75.8 Å². The average Bonchev–Trinajstić information content (AvgIpc) is 2.03. The van der Waals surface area contributed by atoms with E-state index in [1.807, 2.05) is 0 Å². The molecule has 0 aliphatic heterocycles. The van der Waals surface area contributed by atoms with Gasteiger partial charge < -0.3 is 0 Å². The fraction of sp³-hybridized carbons (Fsp3) is 0.200. The highest BCUT2D eigenvalue weighted by atomic mass is 28.2. The van der Waals surface area contributed by atoms with Crippen LogP contribution in [0.4, 0.5) is 0 Å². The van der Waals surface area contributed by atoms with Gasteiger partial charge in [0, 0.05) is 0 Å². The molecule has 2 radical (unpaired) electrons. The molecule has 0 aliphatic carbocycles. The Morgan fingerprint density at radius 2 is 2.17 bits per heavy atom. The summed E-state index contributed by atoms with van der Waals surface area (Å²) in [5.74, 6) is 2.55. The average molecular weight is 173 g/mol. The van der Waals surface area contributed by atoms with Crippen molar-refractivity contribution in [3.63, 3.8) is 0 Å². The Balaban J connectivity index is 2.93. The first-order valence-corrected chi connectivity index (χ1v) is 4.74. The van der Waals surface area contributed by atoms with Gasteiger partial charge in [0.15, 0.2) is 0 Å². The van der Waals surface area contributed by atoms with E-state index < -0.39 is 0 Å². The highest BCUT2D eigenvalue weighted by Crippen LogP contribution is 1.98. The molecule has 0 aliphatic rings. The van der Waals surface area contributed by atoms with E-state index in [1.165, 1.54) is 16.3 Å². The Morgan fingerprint density at radius 3 is 2.75 bits per heavy atom. The van der Waals surface area contributed by atoms with Crippen molar-refractivity contribution < 1.29 is 0 Å². The summed E-state index contributed by atoms with van der Waals surface area (Å²) in [6.07, 6.45) is 0. The number of hydrogen-bond donors (Lipinski definition) is 0. The quantitative estimate of drug-likeness (QED) is 0.473. The molecule has 0 saturated carbocycles. The predicted molar refractivity (Wildman–Crippen MR) is 54.4 cm³/mol. The molecule has 0 N–H and O–H groups in total. The van der Waals surface area contributed by atoms with Crippen LogP contribution in [0.5, 0.6) is 0 Å². The van der Waals surface area contributed by atoms with Gasteiger partial charge in [-0.1, -0.05) is 23.8 Å². The van der Waals surface area contributed by atoms with Crippen LogP contribution in [0.25, 0.3) is 0 Å². The molecule has 0 atom stereocenters. The van der Waals surface area contributed by atoms with Crippen LogP contribution in [0.3, 0.4) is 0 Å². The van der Waals surface area contributed by atoms with Crippen LogP contribution >= 0.6 is 0 Å². The first-order valence-electron chi connectivity index (χ1n) is 3.79. The normalized spacial score (nSPS) is 9.17. The molecule has 1 aromatic rings. The lowest BCUT2D eigenvalue weighted by molar-refractivity contribution is 1.41. The third-order valence-electron chi connectivity index (χ3n) is 1.64. The molecule has 1 aromatic carbocycles. The summed E-state index contributed by atoms with van der Waals surface area (Å²) < 4.78 is 4.00. The maximum atomic E-state index is 4.00. The van der Waals surface area contributed by atoms with Crippen molar-refractivity contribution in [2.45, 2.75) is 13.8 Å². The van der Waals surface area contributed by atoms with Crippen LogP contribution < -0.4 is 5.19 Å². The lowest BCUT2D eigenvalue weighted by Gasteiger charge is -2.00. The van der Waals surface area contributed by atoms with E-state index in [1.54, 1.807) is 0 Å². The SMILES string of the molecule is C=C=N[Si]c1ccc(C)cc1C. The monoisotopic (exact) mass is 173 g/mol. The van der Waals surface area contributed by atoms with Crippen LogP contribution in [0.2, 0.25) is 0 Å². The summed E-state index contributed by atoms with van der Waals surface area (Å²) in [6.45, 7) is 7.64. The smallest absolute Gasteiger partial charge is 0.263 e. The van der Waals surface area contributed by atoms with E-state index in [4.69, 9.17) is 0 Å². The molecule has 12 heavy (non-hydrogen) atoms. The third-order valence-corrected chi connectivity index (χ3v) is 2.71. The minimum Gasteiger partial charge on any atom is -0.280 e. The van der Waals surface area contributed by atoms with Gasteiger partial charge in [0.2, 0.25) is 0 Å². The summed E-state index contributed by atoms with van der Waals surface area (Å²) in [6, 6.07) is 6.39. The molecule has 1 nitrogen and oxygen atoms in total. The summed E-state index contributed by atoms with van der Waals surface area (Å²) in [5.41, 5.74) is 2.59. The molecular weight excluding hydrogens is 162 g/mol. The summed E-state index contributed by atoms with van der Waals surface area (Å²) in [5, 5.41) is 1.27. The number of benzene rings is 1. The van der Waals surface area contributed by atoms with Crippen molar-refractivity contribution in [2.75, 3.05) is 0 Å². The Bertz CT molecular complexity index is 325. The van der Waals surface area contributed by atoms with Crippen LogP contribution in [0.1, 0.15) is 11.1 Å². The van der Waals surface area contributed by atoms with E-state index in [2.05, 4.69) is 49.2 Å². The van der Waals surface area contributed by atoms with Crippen molar-refractivity contribution in [1.29, 1.82) is 0 Å². The number of hydrogen-bond acceptors (Lipinski definition) is 1. The van der Waals surface area contributed by atoms with Gasteiger partial charge in [0.25, 0.3) is 9.68 Å². The molecule has 0 unspecified atom stereocenters. The second kappa shape index (κ2) is 4.05. The maximum absolute atomic E-state index is 4.00. The zero-order valence-corrected chi connectivity index (χ0v) is 8.39. The van der Waals surface area contributed by atoms with Crippen LogP contribution in [-0.4, -0.2) is 15.6 Å². The fourth-order valence-corrected chi connectivity index (χ4v) is 1.64. The molecule has 0 aromatic heterocycles. The van der Waals surface area contributed by atoms with Crippen molar-refractivity contribution in [3.05, 3.63) is 35.9 Å². The van der Waals surface area contributed by atoms with Gasteiger partial charge in [-0.3, -0.25) is 4.66 Å². The predicted octanol–water partition coefficient (Wildman–Crippen LogP) is 1.40. The standard InChI is InChI=1S/C10H11NSi/c1-4-11-12-10-6-5-8(2)7-9(10)3/h5-7H,1H2,2-3H3. The lowest BCUT2D eigenvalue weighted by atomic mass is 10.2. The Kier molecular flexibility index (Phi) is 3.03. The van der Waals surface area contributed by atoms with Crippen LogP contribution in [0, 0.1) is 13.8 Å². The van der Waals surface area contributed by atoms with E-state index >= 15 is 0 Å². The van der Waals surface area contributed by atoms with Gasteiger partial charge in [0.05, 0.1) is 0 Å². The minimum atomic E-state index is 0.451. The molecule has 0 spiro atoms. The van der Waals surface area contributed by atoms with E-state index in [-0.39, 0.29) is 0 Å². The van der Waals surface area contributed by atoms with E-state index in [0.717, 1.165) is 0 Å². The number of nitrogens with zero attached hydrogens (tertiary/aromatic N) is 1. The number of aryl methyl sites for hydroxylation is 2. The molecule has 60 valence electrons. The third kappa shape index (κ3) is 2.19. The molecule has 0 amide bonds. The largest absolute Gasteiger partial charge is 0.280 e. The van der Waals surface area contributed by atoms with Crippen molar-refractivity contribution in [1.82, 2.24) is 0 Å². The van der Waals surface area contributed by atoms with E-state index in [9.17, 15) is 0 Å². The molecule has 1 rings (SSSR count). The zero-order valence-electron chi connectivity index (χ0n) is 7.39. The first-order chi connectivity index (χ1) is 5.74. The number of rotatable bonds is 2. The minimum absolute atomic E-state index is 0.451. The van der Waals surface area contributed by atoms with Crippen LogP contribution in [-0.2, 0) is 0 Å². The highest BCUT2D eigenvalue weighted by Gasteiger charge is 1.97. The van der Waals surface area contributed by atoms with Crippen molar-refractivity contribution in [2.24, 2.45) is 4.66 Å². The summed E-state index contributed by atoms with van der Waals surface area (Å²) in [4.78, 5) is 0. The molecule has 0 saturated heterocycles. The van der Waals surface area contributed by atoms with Gasteiger partial charge in [-0.05, 0) is 37.0 Å². The van der Waals surface area contributed by atoms with Gasteiger partial charge in [-0.25, -0.2) is 0 Å². The maximum Gasteiger partial charge on any atom is 0.263 e. The van der Waals surface area contributed by atoms with Gasteiger partial charge in [-0.2, -0.15) is 0 Å². The summed E-state index contributed by atoms with van der Waals surface area (Å²) in [7, 11) is 0.451. The van der Waals surface area contributed by atoms with E-state index in [0.29, 0.717) is 9.68 Å².